The van der Waals surface area contributed by atoms with Crippen molar-refractivity contribution in [1.82, 2.24) is 0 Å². The van der Waals surface area contributed by atoms with Crippen LogP contribution < -0.4 is 0 Å². The standard InChI is InChI=1S/C23H18O3/c1-2-25-23(24)19-14-13-18(16-9-5-3-6-10-16)22-21(19)20(15-26-22)17-11-7-4-8-12-17/h3-15H,2H2,1H3. The second-order valence-corrected chi connectivity index (χ2v) is 5.97. The van der Waals surface area contributed by atoms with Gasteiger partial charge in [0.1, 0.15) is 5.58 Å². The number of hydrogen-bond donors (Lipinski definition) is 0. The summed E-state index contributed by atoms with van der Waals surface area (Å²) in [6, 6.07) is 23.7. The molecule has 3 nitrogen and oxygen atoms in total. The van der Waals surface area contributed by atoms with Crippen LogP contribution in [0.3, 0.4) is 0 Å². The predicted octanol–water partition coefficient (Wildman–Crippen LogP) is 5.94. The second-order valence-electron chi connectivity index (χ2n) is 5.97. The molecule has 0 saturated heterocycles. The largest absolute Gasteiger partial charge is 0.463 e. The monoisotopic (exact) mass is 342 g/mol. The zero-order valence-electron chi connectivity index (χ0n) is 14.4. The van der Waals surface area contributed by atoms with Crippen molar-refractivity contribution in [2.45, 2.75) is 6.92 Å². The van der Waals surface area contributed by atoms with Crippen LogP contribution in [-0.4, -0.2) is 12.6 Å². The quantitative estimate of drug-likeness (QED) is 0.431. The van der Waals surface area contributed by atoms with E-state index in [4.69, 9.17) is 9.15 Å². The minimum Gasteiger partial charge on any atom is -0.463 e. The molecule has 3 heteroatoms. The molecule has 0 atom stereocenters. The minimum atomic E-state index is -0.337. The van der Waals surface area contributed by atoms with E-state index in [-0.39, 0.29) is 5.97 Å². The lowest BCUT2D eigenvalue weighted by atomic mass is 9.96. The van der Waals surface area contributed by atoms with Crippen molar-refractivity contribution in [3.63, 3.8) is 0 Å². The zero-order valence-corrected chi connectivity index (χ0v) is 14.4. The first-order chi connectivity index (χ1) is 12.8. The molecule has 4 aromatic rings. The first-order valence-corrected chi connectivity index (χ1v) is 8.61. The van der Waals surface area contributed by atoms with E-state index in [2.05, 4.69) is 0 Å². The molecule has 1 heterocycles. The van der Waals surface area contributed by atoms with E-state index in [1.54, 1.807) is 13.2 Å². The van der Waals surface area contributed by atoms with Crippen LogP contribution in [0.25, 0.3) is 33.2 Å². The van der Waals surface area contributed by atoms with Gasteiger partial charge in [-0.15, -0.1) is 0 Å². The van der Waals surface area contributed by atoms with Crippen molar-refractivity contribution in [3.05, 3.63) is 84.6 Å². The molecular formula is C23H18O3. The first-order valence-electron chi connectivity index (χ1n) is 8.61. The topological polar surface area (TPSA) is 39.4 Å². The summed E-state index contributed by atoms with van der Waals surface area (Å²) in [6.07, 6.45) is 1.72. The average molecular weight is 342 g/mol. The Bertz CT molecular complexity index is 1050. The van der Waals surface area contributed by atoms with E-state index in [0.717, 1.165) is 27.6 Å². The summed E-state index contributed by atoms with van der Waals surface area (Å²) in [6.45, 7) is 2.14. The maximum atomic E-state index is 12.5. The van der Waals surface area contributed by atoms with E-state index in [1.807, 2.05) is 72.8 Å². The highest BCUT2D eigenvalue weighted by molar-refractivity contribution is 6.12. The number of fused-ring (bicyclic) bond motifs is 1. The van der Waals surface area contributed by atoms with Crippen LogP contribution >= 0.6 is 0 Å². The third kappa shape index (κ3) is 2.78. The molecule has 0 aliphatic rings. The molecule has 1 aromatic heterocycles. The van der Waals surface area contributed by atoms with Gasteiger partial charge in [0.15, 0.2) is 0 Å². The van der Waals surface area contributed by atoms with Gasteiger partial charge in [-0.2, -0.15) is 0 Å². The number of rotatable bonds is 4. The van der Waals surface area contributed by atoms with Crippen LogP contribution in [0.1, 0.15) is 17.3 Å². The van der Waals surface area contributed by atoms with Crippen molar-refractivity contribution in [1.29, 1.82) is 0 Å². The van der Waals surface area contributed by atoms with E-state index in [1.165, 1.54) is 0 Å². The van der Waals surface area contributed by atoms with Crippen molar-refractivity contribution in [2.75, 3.05) is 6.61 Å². The van der Waals surface area contributed by atoms with Gasteiger partial charge in [-0.05, 0) is 30.2 Å². The zero-order chi connectivity index (χ0) is 17.9. The molecule has 0 amide bonds. The Hall–Kier alpha value is -3.33. The normalized spacial score (nSPS) is 10.8. The van der Waals surface area contributed by atoms with Crippen LogP contribution in [0.2, 0.25) is 0 Å². The summed E-state index contributed by atoms with van der Waals surface area (Å²) in [5.41, 5.74) is 5.11. The van der Waals surface area contributed by atoms with Crippen molar-refractivity contribution >= 4 is 16.9 Å². The second kappa shape index (κ2) is 6.89. The maximum Gasteiger partial charge on any atom is 0.338 e. The van der Waals surface area contributed by atoms with E-state index >= 15 is 0 Å². The third-order valence-electron chi connectivity index (χ3n) is 4.39. The number of carbonyl (C=O) groups is 1. The number of esters is 1. The van der Waals surface area contributed by atoms with Crippen LogP contribution in [-0.2, 0) is 4.74 Å². The van der Waals surface area contributed by atoms with Crippen molar-refractivity contribution in [2.24, 2.45) is 0 Å². The maximum absolute atomic E-state index is 12.5. The highest BCUT2D eigenvalue weighted by atomic mass is 16.5. The van der Waals surface area contributed by atoms with Gasteiger partial charge < -0.3 is 9.15 Å². The van der Waals surface area contributed by atoms with Gasteiger partial charge in [-0.1, -0.05) is 60.7 Å². The van der Waals surface area contributed by atoms with Crippen molar-refractivity contribution < 1.29 is 13.9 Å². The Morgan fingerprint density at radius 2 is 1.46 bits per heavy atom. The summed E-state index contributed by atoms with van der Waals surface area (Å²) in [4.78, 5) is 12.5. The third-order valence-corrected chi connectivity index (χ3v) is 4.39. The molecule has 0 bridgehead atoms. The summed E-state index contributed by atoms with van der Waals surface area (Å²) in [5.74, 6) is -0.337. The van der Waals surface area contributed by atoms with Crippen LogP contribution in [0.15, 0.2) is 83.5 Å². The Kier molecular flexibility index (Phi) is 4.28. The Labute approximate surface area is 151 Å². The van der Waals surface area contributed by atoms with Gasteiger partial charge in [0.05, 0.1) is 18.4 Å². The molecule has 128 valence electrons. The molecule has 0 fully saturated rings. The molecular weight excluding hydrogens is 324 g/mol. The van der Waals surface area contributed by atoms with E-state index < -0.39 is 0 Å². The van der Waals surface area contributed by atoms with Gasteiger partial charge in [-0.3, -0.25) is 0 Å². The molecule has 26 heavy (non-hydrogen) atoms. The lowest BCUT2D eigenvalue weighted by molar-refractivity contribution is 0.0528. The molecule has 0 radical (unpaired) electrons. The number of furan rings is 1. The number of benzene rings is 3. The number of carbonyl (C=O) groups excluding carboxylic acids is 1. The Balaban J connectivity index is 2.00. The smallest absolute Gasteiger partial charge is 0.338 e. The van der Waals surface area contributed by atoms with Crippen LogP contribution in [0.4, 0.5) is 0 Å². The molecule has 4 rings (SSSR count). The number of ether oxygens (including phenoxy) is 1. The molecule has 0 spiro atoms. The fraction of sp³-hybridized carbons (Fsp3) is 0.0870. The highest BCUT2D eigenvalue weighted by Crippen LogP contribution is 2.38. The first kappa shape index (κ1) is 16.2. The summed E-state index contributed by atoms with van der Waals surface area (Å²) in [5, 5.41) is 0.788. The molecule has 0 N–H and O–H groups in total. The van der Waals surface area contributed by atoms with Crippen LogP contribution in [0, 0.1) is 0 Å². The molecule has 0 aliphatic carbocycles. The Morgan fingerprint density at radius 1 is 0.846 bits per heavy atom. The SMILES string of the molecule is CCOC(=O)c1ccc(-c2ccccc2)c2occ(-c3ccccc3)c12. The molecule has 0 aliphatic heterocycles. The minimum absolute atomic E-state index is 0.333. The lowest BCUT2D eigenvalue weighted by Gasteiger charge is -2.09. The van der Waals surface area contributed by atoms with Gasteiger partial charge >= 0.3 is 5.97 Å². The summed E-state index contributed by atoms with van der Waals surface area (Å²) in [7, 11) is 0. The lowest BCUT2D eigenvalue weighted by Crippen LogP contribution is -2.05. The molecule has 3 aromatic carbocycles. The number of hydrogen-bond acceptors (Lipinski definition) is 3. The van der Waals surface area contributed by atoms with Gasteiger partial charge in [-0.25, -0.2) is 4.79 Å². The molecule has 0 unspecified atom stereocenters. The fourth-order valence-electron chi connectivity index (χ4n) is 3.20. The van der Waals surface area contributed by atoms with Gasteiger partial charge in [0.25, 0.3) is 0 Å². The van der Waals surface area contributed by atoms with Gasteiger partial charge in [0.2, 0.25) is 0 Å². The van der Waals surface area contributed by atoms with Gasteiger partial charge in [0, 0.05) is 16.5 Å². The van der Waals surface area contributed by atoms with Crippen LogP contribution in [0.5, 0.6) is 0 Å². The highest BCUT2D eigenvalue weighted by Gasteiger charge is 2.21. The van der Waals surface area contributed by atoms with E-state index in [9.17, 15) is 4.79 Å². The summed E-state index contributed by atoms with van der Waals surface area (Å²) < 4.78 is 11.2. The predicted molar refractivity (Wildman–Crippen MR) is 103 cm³/mol. The Morgan fingerprint density at radius 3 is 2.08 bits per heavy atom. The fourth-order valence-corrected chi connectivity index (χ4v) is 3.20. The summed E-state index contributed by atoms with van der Waals surface area (Å²) >= 11 is 0. The van der Waals surface area contributed by atoms with E-state index in [0.29, 0.717) is 17.8 Å². The average Bonchev–Trinajstić information content (AvgIpc) is 3.14. The van der Waals surface area contributed by atoms with Crippen molar-refractivity contribution in [3.8, 4) is 22.3 Å². The molecule has 0 saturated carbocycles.